The molecule has 6 bridgehead atoms. The van der Waals surface area contributed by atoms with Crippen LogP contribution < -0.4 is 9.47 Å². The number of nitrogens with zero attached hydrogens (tertiary/aromatic N) is 6. The zero-order valence-electron chi connectivity index (χ0n) is 18.8. The van der Waals surface area contributed by atoms with E-state index in [-0.39, 0.29) is 11.9 Å². The lowest BCUT2D eigenvalue weighted by molar-refractivity contribution is 0.0486. The first-order chi connectivity index (χ1) is 16.2. The third-order valence-corrected chi connectivity index (χ3v) is 6.10. The Hall–Kier alpha value is -3.46. The molecule has 2 aromatic heterocycles. The van der Waals surface area contributed by atoms with E-state index in [1.807, 2.05) is 29.3 Å². The van der Waals surface area contributed by atoms with Gasteiger partial charge in [0, 0.05) is 51.4 Å². The number of pyridine rings is 1. The van der Waals surface area contributed by atoms with E-state index in [1.165, 1.54) is 5.56 Å². The van der Waals surface area contributed by atoms with Crippen molar-refractivity contribution in [1.82, 2.24) is 29.8 Å². The first-order valence-corrected chi connectivity index (χ1v) is 11.4. The number of ether oxygens (including phenoxy) is 2. The highest BCUT2D eigenvalue weighted by atomic mass is 16.5. The minimum atomic E-state index is -0.0783. The quantitative estimate of drug-likeness (QED) is 0.522. The van der Waals surface area contributed by atoms with E-state index in [1.54, 1.807) is 16.9 Å². The Morgan fingerprint density at radius 1 is 1.06 bits per heavy atom. The molecule has 1 fully saturated rings. The highest BCUT2D eigenvalue weighted by Crippen LogP contribution is 2.22. The summed E-state index contributed by atoms with van der Waals surface area (Å²) >= 11 is 0. The first-order valence-electron chi connectivity index (χ1n) is 11.4. The van der Waals surface area contributed by atoms with Crippen molar-refractivity contribution >= 4 is 5.91 Å². The maximum Gasteiger partial charge on any atom is 0.276 e. The van der Waals surface area contributed by atoms with E-state index in [9.17, 15) is 4.79 Å². The zero-order chi connectivity index (χ0) is 22.6. The van der Waals surface area contributed by atoms with Gasteiger partial charge in [-0.2, -0.15) is 0 Å². The molecule has 7 rings (SSSR count). The number of aryl methyl sites for hydroxylation is 1. The number of hydrogen-bond donors (Lipinski definition) is 0. The molecule has 9 nitrogen and oxygen atoms in total. The van der Waals surface area contributed by atoms with Gasteiger partial charge in [-0.25, -0.2) is 4.98 Å². The molecule has 4 aliphatic rings. The van der Waals surface area contributed by atoms with Crippen LogP contribution >= 0.6 is 0 Å². The number of rotatable bonds is 0. The van der Waals surface area contributed by atoms with Crippen LogP contribution in [0.5, 0.6) is 11.5 Å². The summed E-state index contributed by atoms with van der Waals surface area (Å²) in [4.78, 5) is 21.9. The van der Waals surface area contributed by atoms with Crippen LogP contribution in [0, 0.1) is 0 Å². The summed E-state index contributed by atoms with van der Waals surface area (Å²) < 4.78 is 13.6. The minimum Gasteiger partial charge on any atom is -0.491 e. The van der Waals surface area contributed by atoms with Gasteiger partial charge in [0.05, 0.1) is 12.8 Å². The van der Waals surface area contributed by atoms with Crippen LogP contribution in [0.2, 0.25) is 0 Å². The highest BCUT2D eigenvalue weighted by Gasteiger charge is 2.29. The Balaban J connectivity index is 1.38. The monoisotopic (exact) mass is 448 g/mol. The third-order valence-electron chi connectivity index (χ3n) is 6.10. The number of aromatic nitrogens is 4. The number of carbonyl (C=O) groups excluding carboxylic acids is 1. The van der Waals surface area contributed by atoms with Crippen molar-refractivity contribution in [2.75, 3.05) is 26.2 Å². The van der Waals surface area contributed by atoms with Gasteiger partial charge >= 0.3 is 0 Å². The van der Waals surface area contributed by atoms with Gasteiger partial charge in [-0.05, 0) is 36.8 Å². The molecule has 1 saturated heterocycles. The molecule has 2 unspecified atom stereocenters. The van der Waals surface area contributed by atoms with Crippen molar-refractivity contribution in [3.63, 3.8) is 0 Å². The number of piperazine rings is 1. The minimum absolute atomic E-state index is 0.0783. The second-order valence-corrected chi connectivity index (χ2v) is 8.53. The number of carbonyl (C=O) groups is 1. The van der Waals surface area contributed by atoms with Gasteiger partial charge in [0.2, 0.25) is 0 Å². The average molecular weight is 449 g/mol. The predicted octanol–water partition coefficient (Wildman–Crippen LogP) is 2.38. The van der Waals surface area contributed by atoms with Crippen molar-refractivity contribution in [3.05, 3.63) is 65.7 Å². The fourth-order valence-corrected chi connectivity index (χ4v) is 4.24. The molecule has 172 valence electrons. The average Bonchev–Trinajstić information content (AvgIpc) is 3.30. The molecule has 0 radical (unpaired) electrons. The van der Waals surface area contributed by atoms with E-state index < -0.39 is 0 Å². The third kappa shape index (κ3) is 4.98. The molecular weight excluding hydrogens is 420 g/mol. The Morgan fingerprint density at radius 3 is 2.79 bits per heavy atom. The lowest BCUT2D eigenvalue weighted by atomic mass is 10.1. The fourth-order valence-electron chi connectivity index (χ4n) is 4.24. The summed E-state index contributed by atoms with van der Waals surface area (Å²) in [5, 5.41) is 8.35. The van der Waals surface area contributed by atoms with E-state index in [0.717, 1.165) is 31.0 Å². The van der Waals surface area contributed by atoms with Gasteiger partial charge in [0.15, 0.2) is 11.4 Å². The molecule has 33 heavy (non-hydrogen) atoms. The van der Waals surface area contributed by atoms with Crippen LogP contribution in [-0.4, -0.2) is 68.0 Å². The van der Waals surface area contributed by atoms with Crippen molar-refractivity contribution in [2.24, 2.45) is 0 Å². The van der Waals surface area contributed by atoms with Crippen molar-refractivity contribution in [3.8, 4) is 11.5 Å². The van der Waals surface area contributed by atoms with Crippen LogP contribution in [0.1, 0.15) is 35.1 Å². The van der Waals surface area contributed by atoms with Crippen LogP contribution in [0.25, 0.3) is 0 Å². The molecule has 0 saturated carbocycles. The summed E-state index contributed by atoms with van der Waals surface area (Å²) in [6, 6.07) is 12.0. The summed E-state index contributed by atoms with van der Waals surface area (Å²) in [6.07, 6.45) is 4.25. The lowest BCUT2D eigenvalue weighted by Gasteiger charge is -2.39. The molecule has 4 aliphatic heterocycles. The molecule has 3 aromatic rings. The Bertz CT molecular complexity index is 1100. The number of fused-ring (bicyclic) bond motifs is 2. The smallest absolute Gasteiger partial charge is 0.276 e. The number of amides is 1. The van der Waals surface area contributed by atoms with E-state index in [0.29, 0.717) is 44.3 Å². The van der Waals surface area contributed by atoms with Crippen molar-refractivity contribution in [1.29, 1.82) is 0 Å². The Kier molecular flexibility index (Phi) is 6.21. The largest absolute Gasteiger partial charge is 0.491 e. The van der Waals surface area contributed by atoms with Crippen LogP contribution in [0.3, 0.4) is 0 Å². The van der Waals surface area contributed by atoms with E-state index >= 15 is 0 Å². The molecule has 6 heterocycles. The molecule has 1 aromatic carbocycles. The highest BCUT2D eigenvalue weighted by molar-refractivity contribution is 5.95. The summed E-state index contributed by atoms with van der Waals surface area (Å²) in [5.74, 6) is 1.25. The maximum atomic E-state index is 13.3. The van der Waals surface area contributed by atoms with Gasteiger partial charge < -0.3 is 14.4 Å². The first kappa shape index (κ1) is 21.4. The van der Waals surface area contributed by atoms with Gasteiger partial charge in [-0.1, -0.05) is 17.3 Å². The van der Waals surface area contributed by atoms with Gasteiger partial charge in [0.1, 0.15) is 18.1 Å². The molecule has 1 amide bonds. The summed E-state index contributed by atoms with van der Waals surface area (Å²) in [5.41, 5.74) is 2.36. The summed E-state index contributed by atoms with van der Waals surface area (Å²) in [7, 11) is 0. The topological polar surface area (TPSA) is 85.6 Å². The Morgan fingerprint density at radius 2 is 1.94 bits per heavy atom. The fraction of sp³-hybridized carbons (Fsp3) is 0.417. The molecule has 2 atom stereocenters. The molecular formula is C24H28N6O3. The molecule has 0 N–H and O–H groups in total. The standard InChI is InChI=1S/C24H28N6O3/c1-18-14-29-12-11-28(18)15-19-5-7-21(8-6-19)33-17-20-16-30(27-26-20)10-3-13-32-22-4-2-9-25-23(22)24(29)31/h2,4-9,16,18H,3,10-15,17H2,1H3. The van der Waals surface area contributed by atoms with E-state index in [4.69, 9.17) is 9.47 Å². The SMILES string of the molecule is CC1CN2CCN1Cc1ccc(cc1)OCc1cn(nn1)CCCOc1cccnc1C2=O. The van der Waals surface area contributed by atoms with Crippen molar-refractivity contribution in [2.45, 2.75) is 39.1 Å². The van der Waals surface area contributed by atoms with Crippen LogP contribution in [0.4, 0.5) is 0 Å². The van der Waals surface area contributed by atoms with Crippen molar-refractivity contribution < 1.29 is 14.3 Å². The Labute approximate surface area is 192 Å². The molecule has 0 aliphatic carbocycles. The van der Waals surface area contributed by atoms with Gasteiger partial charge in [-0.3, -0.25) is 14.4 Å². The van der Waals surface area contributed by atoms with Gasteiger partial charge in [-0.15, -0.1) is 5.10 Å². The summed E-state index contributed by atoms with van der Waals surface area (Å²) in [6.45, 7) is 6.60. The van der Waals surface area contributed by atoms with Crippen LogP contribution in [0.15, 0.2) is 48.8 Å². The maximum absolute atomic E-state index is 13.3. The lowest BCUT2D eigenvalue weighted by Crippen LogP contribution is -2.53. The van der Waals surface area contributed by atoms with Gasteiger partial charge in [0.25, 0.3) is 5.91 Å². The zero-order valence-corrected chi connectivity index (χ0v) is 18.8. The normalized spacial score (nSPS) is 21.6. The molecule has 0 spiro atoms. The van der Waals surface area contributed by atoms with E-state index in [2.05, 4.69) is 39.3 Å². The second kappa shape index (κ2) is 9.58. The molecule has 9 heteroatoms. The number of hydrogen-bond acceptors (Lipinski definition) is 7. The predicted molar refractivity (Wildman–Crippen MR) is 121 cm³/mol. The second-order valence-electron chi connectivity index (χ2n) is 8.53. The number of benzene rings is 1. The van der Waals surface area contributed by atoms with Crippen LogP contribution in [-0.2, 0) is 19.7 Å².